The van der Waals surface area contributed by atoms with Gasteiger partial charge in [0.1, 0.15) is 0 Å². The number of hydrogen-bond acceptors (Lipinski definition) is 6. The first kappa shape index (κ1) is 28.7. The number of aromatic nitrogens is 4. The molecular weight excluding hydrogens is 514 g/mol. The largest absolute Gasteiger partial charge is 0.348 e. The first-order chi connectivity index (χ1) is 19.7. The molecule has 9 nitrogen and oxygen atoms in total. The second-order valence-electron chi connectivity index (χ2n) is 11.6. The summed E-state index contributed by atoms with van der Waals surface area (Å²) in [5, 5.41) is 8.20. The maximum absolute atomic E-state index is 13.6. The molecule has 0 atom stereocenters. The van der Waals surface area contributed by atoms with Crippen LogP contribution in [0.25, 0.3) is 22.3 Å². The van der Waals surface area contributed by atoms with Gasteiger partial charge >= 0.3 is 0 Å². The maximum Gasteiger partial charge on any atom is 0.253 e. The topological polar surface area (TPSA) is 99.2 Å². The van der Waals surface area contributed by atoms with Crippen LogP contribution in [0.15, 0.2) is 47.4 Å². The molecule has 216 valence electrons. The van der Waals surface area contributed by atoms with Crippen LogP contribution in [0.1, 0.15) is 65.5 Å². The lowest BCUT2D eigenvalue weighted by atomic mass is 10.0. The third-order valence-electron chi connectivity index (χ3n) is 7.89. The monoisotopic (exact) mass is 555 g/mol. The van der Waals surface area contributed by atoms with Gasteiger partial charge < -0.3 is 20.1 Å². The van der Waals surface area contributed by atoms with Crippen LogP contribution in [-0.2, 0) is 13.1 Å². The van der Waals surface area contributed by atoms with Crippen molar-refractivity contribution < 1.29 is 4.79 Å². The zero-order chi connectivity index (χ0) is 29.1. The van der Waals surface area contributed by atoms with Crippen molar-refractivity contribution in [3.8, 4) is 11.3 Å². The van der Waals surface area contributed by atoms with E-state index in [-0.39, 0.29) is 24.1 Å². The molecule has 0 bridgehead atoms. The van der Waals surface area contributed by atoms with Gasteiger partial charge in [-0.1, -0.05) is 18.2 Å². The number of hydrogen-bond donors (Lipinski definition) is 2. The molecule has 3 aromatic heterocycles. The van der Waals surface area contributed by atoms with Crippen LogP contribution in [0.4, 0.5) is 0 Å². The SMILES string of the molecule is Cc1cc(C)c(CNC(=O)c2cc(-c3cccc(CN(C)CCN4CCCC4)c3)nc3c2cnn3C(C)C)c(=O)[nH]1. The molecule has 0 aliphatic carbocycles. The van der Waals surface area contributed by atoms with E-state index in [1.807, 2.05) is 50.6 Å². The maximum atomic E-state index is 13.6. The summed E-state index contributed by atoms with van der Waals surface area (Å²) >= 11 is 0. The van der Waals surface area contributed by atoms with E-state index in [9.17, 15) is 9.59 Å². The van der Waals surface area contributed by atoms with Crippen LogP contribution in [-0.4, -0.2) is 68.7 Å². The summed E-state index contributed by atoms with van der Waals surface area (Å²) < 4.78 is 1.85. The highest BCUT2D eigenvalue weighted by molar-refractivity contribution is 6.06. The van der Waals surface area contributed by atoms with E-state index in [0.29, 0.717) is 22.2 Å². The average Bonchev–Trinajstić information content (AvgIpc) is 3.61. The van der Waals surface area contributed by atoms with E-state index < -0.39 is 0 Å². The number of nitrogens with zero attached hydrogens (tertiary/aromatic N) is 5. The fraction of sp³-hybridized carbons (Fsp3) is 0.438. The third kappa shape index (κ3) is 6.57. The molecule has 1 amide bonds. The average molecular weight is 556 g/mol. The standard InChI is InChI=1S/C32H41N7O2/c1-21(2)39-30-28(19-34-39)26(31(40)33-18-27-22(3)15-23(4)35-32(27)41)17-29(36-30)25-10-8-9-24(16-25)20-37(5)13-14-38-11-6-7-12-38/h8-10,15-17,19,21H,6-7,11-14,18,20H2,1-5H3,(H,33,40)(H,35,41). The van der Waals surface area contributed by atoms with Crippen LogP contribution < -0.4 is 10.9 Å². The fourth-order valence-electron chi connectivity index (χ4n) is 5.63. The summed E-state index contributed by atoms with van der Waals surface area (Å²) in [6, 6.07) is 12.2. The van der Waals surface area contributed by atoms with E-state index in [1.165, 1.54) is 31.5 Å². The number of nitrogens with one attached hydrogen (secondary N) is 2. The second kappa shape index (κ2) is 12.4. The highest BCUT2D eigenvalue weighted by atomic mass is 16.1. The number of fused-ring (bicyclic) bond motifs is 1. The lowest BCUT2D eigenvalue weighted by Crippen LogP contribution is -2.31. The predicted octanol–water partition coefficient (Wildman–Crippen LogP) is 4.44. The Morgan fingerprint density at radius 1 is 1.15 bits per heavy atom. The number of H-pyrrole nitrogens is 1. The van der Waals surface area contributed by atoms with Crippen LogP contribution >= 0.6 is 0 Å². The van der Waals surface area contributed by atoms with E-state index in [0.717, 1.165) is 42.1 Å². The number of aromatic amines is 1. The van der Waals surface area contributed by atoms with E-state index in [4.69, 9.17) is 4.98 Å². The highest BCUT2D eigenvalue weighted by Gasteiger charge is 2.20. The van der Waals surface area contributed by atoms with Crippen molar-refractivity contribution in [3.05, 3.63) is 80.9 Å². The normalized spacial score (nSPS) is 14.0. The minimum atomic E-state index is -0.265. The zero-order valence-electron chi connectivity index (χ0n) is 24.8. The molecule has 2 N–H and O–H groups in total. The van der Waals surface area contributed by atoms with Crippen LogP contribution in [0.3, 0.4) is 0 Å². The Balaban J connectivity index is 1.42. The van der Waals surface area contributed by atoms with E-state index in [2.05, 4.69) is 50.4 Å². The van der Waals surface area contributed by atoms with Crippen molar-refractivity contribution in [2.75, 3.05) is 33.2 Å². The molecule has 0 saturated carbocycles. The molecule has 1 aliphatic heterocycles. The van der Waals surface area contributed by atoms with Gasteiger partial charge in [-0.25, -0.2) is 9.67 Å². The highest BCUT2D eigenvalue weighted by Crippen LogP contribution is 2.27. The summed E-state index contributed by atoms with van der Waals surface area (Å²) in [5.74, 6) is -0.265. The van der Waals surface area contributed by atoms with Crippen molar-refractivity contribution >= 4 is 16.9 Å². The van der Waals surface area contributed by atoms with Crippen LogP contribution in [0, 0.1) is 13.8 Å². The van der Waals surface area contributed by atoms with Crippen LogP contribution in [0.2, 0.25) is 0 Å². The van der Waals surface area contributed by atoms with Gasteiger partial charge in [0, 0.05) is 49.0 Å². The summed E-state index contributed by atoms with van der Waals surface area (Å²) in [6.07, 6.45) is 4.32. The number of aryl methyl sites for hydroxylation is 2. The summed E-state index contributed by atoms with van der Waals surface area (Å²) in [5.41, 5.74) is 6.04. The van der Waals surface area contributed by atoms with Gasteiger partial charge in [-0.2, -0.15) is 5.10 Å². The molecule has 41 heavy (non-hydrogen) atoms. The number of likely N-dealkylation sites (N-methyl/N-ethyl adjacent to an activating group) is 1. The van der Waals surface area contributed by atoms with E-state index >= 15 is 0 Å². The number of likely N-dealkylation sites (tertiary alicyclic amines) is 1. The molecule has 1 aromatic carbocycles. The molecule has 9 heteroatoms. The molecule has 0 spiro atoms. The number of amides is 1. The van der Waals surface area contributed by atoms with Crippen molar-refractivity contribution in [1.29, 1.82) is 0 Å². The van der Waals surface area contributed by atoms with Crippen LogP contribution in [0.5, 0.6) is 0 Å². The van der Waals surface area contributed by atoms with Crippen molar-refractivity contribution in [2.45, 2.75) is 59.7 Å². The molecule has 1 aliphatic rings. The summed E-state index contributed by atoms with van der Waals surface area (Å²) in [7, 11) is 2.16. The summed E-state index contributed by atoms with van der Waals surface area (Å²) in [6.45, 7) is 13.3. The van der Waals surface area contributed by atoms with Gasteiger partial charge in [0.25, 0.3) is 11.5 Å². The molecular formula is C32H41N7O2. The van der Waals surface area contributed by atoms with Gasteiger partial charge in [0.05, 0.1) is 22.8 Å². The van der Waals surface area contributed by atoms with Gasteiger partial charge in [0.15, 0.2) is 5.65 Å². The molecule has 1 fully saturated rings. The minimum Gasteiger partial charge on any atom is -0.348 e. The third-order valence-corrected chi connectivity index (χ3v) is 7.89. The van der Waals surface area contributed by atoms with Crippen molar-refractivity contribution in [1.82, 2.24) is 34.9 Å². The second-order valence-corrected chi connectivity index (χ2v) is 11.6. The Bertz CT molecular complexity index is 1600. The minimum absolute atomic E-state index is 0.0792. The summed E-state index contributed by atoms with van der Waals surface area (Å²) in [4.78, 5) is 38.8. The lowest BCUT2D eigenvalue weighted by molar-refractivity contribution is 0.0952. The predicted molar refractivity (Wildman–Crippen MR) is 163 cm³/mol. The molecule has 4 heterocycles. The quantitative estimate of drug-likeness (QED) is 0.300. The number of pyridine rings is 2. The zero-order valence-corrected chi connectivity index (χ0v) is 24.8. The van der Waals surface area contributed by atoms with Crippen molar-refractivity contribution in [3.63, 3.8) is 0 Å². The fourth-order valence-corrected chi connectivity index (χ4v) is 5.63. The van der Waals surface area contributed by atoms with Crippen molar-refractivity contribution in [2.24, 2.45) is 0 Å². The van der Waals surface area contributed by atoms with Gasteiger partial charge in [-0.15, -0.1) is 0 Å². The van der Waals surface area contributed by atoms with E-state index in [1.54, 1.807) is 6.20 Å². The lowest BCUT2D eigenvalue weighted by Gasteiger charge is -2.21. The Morgan fingerprint density at radius 3 is 2.66 bits per heavy atom. The smallest absolute Gasteiger partial charge is 0.253 e. The molecule has 0 radical (unpaired) electrons. The van der Waals surface area contributed by atoms with Gasteiger partial charge in [-0.05, 0) is 90.0 Å². The first-order valence-electron chi connectivity index (χ1n) is 14.6. The Kier molecular flexibility index (Phi) is 8.65. The molecule has 0 unspecified atom stereocenters. The first-order valence-corrected chi connectivity index (χ1v) is 14.6. The number of benzene rings is 1. The Labute approximate surface area is 241 Å². The molecule has 4 aromatic rings. The number of rotatable bonds is 10. The Hall–Kier alpha value is -3.82. The number of carbonyl (C=O) groups excluding carboxylic acids is 1. The Morgan fingerprint density at radius 2 is 1.93 bits per heavy atom. The van der Waals surface area contributed by atoms with Gasteiger partial charge in [-0.3, -0.25) is 9.59 Å². The number of carbonyl (C=O) groups is 1. The molecule has 5 rings (SSSR count). The molecule has 1 saturated heterocycles. The van der Waals surface area contributed by atoms with Gasteiger partial charge in [0.2, 0.25) is 0 Å².